The van der Waals surface area contributed by atoms with Crippen LogP contribution in [0.1, 0.15) is 0 Å². The van der Waals surface area contributed by atoms with Gasteiger partial charge >= 0.3 is 12.1 Å². The average Bonchev–Trinajstić information content (AvgIpc) is 2.12. The molecule has 0 heterocycles. The average molecular weight is 200 g/mol. The maximum absolute atomic E-state index is 10.8. The Morgan fingerprint density at radius 1 is 1.29 bits per heavy atom. The minimum Gasteiger partial charge on any atom is -0.368 e. The predicted molar refractivity (Wildman–Crippen MR) is 44.3 cm³/mol. The van der Waals surface area contributed by atoms with Crippen LogP contribution < -0.4 is 16.4 Å². The molecule has 0 atom stereocenters. The van der Waals surface area contributed by atoms with Gasteiger partial charge in [0.2, 0.25) is 11.8 Å². The third-order valence-electron chi connectivity index (χ3n) is 1.06. The molecule has 0 aliphatic rings. The molecule has 0 aromatic rings. The molecule has 0 saturated heterocycles. The van der Waals surface area contributed by atoms with Crippen molar-refractivity contribution in [1.82, 2.24) is 10.6 Å². The van der Waals surface area contributed by atoms with Crippen molar-refractivity contribution in [2.24, 2.45) is 5.73 Å². The number of nitrogens with one attached hydrogen (secondary N) is 3. The van der Waals surface area contributed by atoms with Gasteiger partial charge in [-0.3, -0.25) is 14.4 Å². The monoisotopic (exact) mass is 200 g/mol. The molecule has 0 aromatic heterocycles. The summed E-state index contributed by atoms with van der Waals surface area (Å²) in [6, 6.07) is 0. The standard InChI is InChI=1S/C6H9N5O3/c7-4(12)1-9-5(13)2-10-6(14)3-11-8/h3,8H,1-2H2,(H3-,7,9,10,12,13,14)/p+1. The molecule has 0 bridgehead atoms. The minimum absolute atomic E-state index is 0.277. The van der Waals surface area contributed by atoms with Gasteiger partial charge in [0.25, 0.3) is 0 Å². The lowest BCUT2D eigenvalue weighted by molar-refractivity contribution is -0.133. The first kappa shape index (κ1) is 11.8. The summed E-state index contributed by atoms with van der Waals surface area (Å²) >= 11 is 0. The molecule has 8 nitrogen and oxygen atoms in total. The van der Waals surface area contributed by atoms with Gasteiger partial charge in [-0.2, -0.15) is 0 Å². The van der Waals surface area contributed by atoms with Gasteiger partial charge in [-0.15, -0.1) is 0 Å². The van der Waals surface area contributed by atoms with Crippen LogP contribution in [0, 0.1) is 5.53 Å². The first-order valence-electron chi connectivity index (χ1n) is 3.59. The number of hydrogen-bond donors (Lipinski definition) is 4. The van der Waals surface area contributed by atoms with Crippen LogP contribution in [-0.4, -0.2) is 41.8 Å². The molecule has 0 fully saturated rings. The topological polar surface area (TPSA) is 139 Å². The number of hydrogen-bond acceptors (Lipinski definition) is 4. The van der Waals surface area contributed by atoms with Crippen molar-refractivity contribution in [3.8, 4) is 0 Å². The summed E-state index contributed by atoms with van der Waals surface area (Å²) in [6.07, 6.45) is 0.710. The molecule has 76 valence electrons. The molecule has 0 unspecified atom stereocenters. The number of nitrogens with zero attached hydrogens (tertiary/aromatic N) is 1. The highest BCUT2D eigenvalue weighted by Crippen LogP contribution is 1.64. The highest BCUT2D eigenvalue weighted by Gasteiger charge is 2.06. The Morgan fingerprint density at radius 3 is 2.43 bits per heavy atom. The summed E-state index contributed by atoms with van der Waals surface area (Å²) < 4.78 is 0. The van der Waals surface area contributed by atoms with E-state index >= 15 is 0 Å². The Labute approximate surface area is 79.1 Å². The van der Waals surface area contributed by atoms with Crippen molar-refractivity contribution in [3.05, 3.63) is 0 Å². The predicted octanol–water partition coefficient (Wildman–Crippen LogP) is -2.99. The first-order chi connectivity index (χ1) is 6.56. The zero-order chi connectivity index (χ0) is 11.0. The second kappa shape index (κ2) is 6.32. The lowest BCUT2D eigenvalue weighted by Crippen LogP contribution is -2.40. The van der Waals surface area contributed by atoms with E-state index in [0.29, 0.717) is 6.21 Å². The van der Waals surface area contributed by atoms with E-state index in [1.807, 2.05) is 0 Å². The van der Waals surface area contributed by atoms with Gasteiger partial charge in [-0.05, 0) is 0 Å². The van der Waals surface area contributed by atoms with Crippen molar-refractivity contribution in [1.29, 1.82) is 5.53 Å². The summed E-state index contributed by atoms with van der Waals surface area (Å²) in [5, 5.41) is 4.29. The maximum atomic E-state index is 10.8. The second-order valence-electron chi connectivity index (χ2n) is 2.22. The second-order valence-corrected chi connectivity index (χ2v) is 2.22. The third kappa shape index (κ3) is 6.50. The third-order valence-corrected chi connectivity index (χ3v) is 1.06. The van der Waals surface area contributed by atoms with Crippen LogP contribution in [0.25, 0.3) is 0 Å². The van der Waals surface area contributed by atoms with Crippen molar-refractivity contribution in [2.45, 2.75) is 0 Å². The Kier molecular flexibility index (Phi) is 5.32. The van der Waals surface area contributed by atoms with Gasteiger partial charge in [-0.25, -0.2) is 0 Å². The van der Waals surface area contributed by atoms with Gasteiger partial charge < -0.3 is 16.4 Å². The number of nitrogens with two attached hydrogens (primary N) is 1. The Hall–Kier alpha value is -2.21. The lowest BCUT2D eigenvalue weighted by atomic mass is 10.5. The molecule has 0 aliphatic heterocycles. The fourth-order valence-corrected chi connectivity index (χ4v) is 0.520. The van der Waals surface area contributed by atoms with Crippen LogP contribution in [0.3, 0.4) is 0 Å². The first-order valence-corrected chi connectivity index (χ1v) is 3.59. The number of amides is 3. The Balaban J connectivity index is 3.69. The van der Waals surface area contributed by atoms with Crippen LogP contribution in [0.15, 0.2) is 0 Å². The number of rotatable bonds is 5. The van der Waals surface area contributed by atoms with E-state index in [0.717, 1.165) is 0 Å². The van der Waals surface area contributed by atoms with Gasteiger partial charge in [0.15, 0.2) is 0 Å². The van der Waals surface area contributed by atoms with Crippen molar-refractivity contribution in [3.63, 3.8) is 0 Å². The molecule has 0 saturated carbocycles. The van der Waals surface area contributed by atoms with E-state index in [1.165, 1.54) is 0 Å². The summed E-state index contributed by atoms with van der Waals surface area (Å²) in [5.74, 6) is -1.87. The van der Waals surface area contributed by atoms with Gasteiger partial charge in [0, 0.05) is 0 Å². The quantitative estimate of drug-likeness (QED) is 0.214. The van der Waals surface area contributed by atoms with Gasteiger partial charge in [0.05, 0.1) is 23.4 Å². The van der Waals surface area contributed by atoms with Crippen LogP contribution in [-0.2, 0) is 14.4 Å². The number of carbonyl (C=O) groups is 3. The van der Waals surface area contributed by atoms with E-state index in [1.54, 1.807) is 0 Å². The summed E-state index contributed by atoms with van der Waals surface area (Å²) in [4.78, 5) is 34.4. The molecular weight excluding hydrogens is 190 g/mol. The molecule has 8 heteroatoms. The van der Waals surface area contributed by atoms with Crippen molar-refractivity contribution < 1.29 is 19.2 Å². The van der Waals surface area contributed by atoms with Gasteiger partial charge in [0.1, 0.15) is 0 Å². The molecule has 3 amide bonds. The fourth-order valence-electron chi connectivity index (χ4n) is 0.520. The highest BCUT2D eigenvalue weighted by molar-refractivity contribution is 6.24. The molecule has 0 rings (SSSR count). The van der Waals surface area contributed by atoms with Crippen molar-refractivity contribution >= 4 is 23.9 Å². The zero-order valence-electron chi connectivity index (χ0n) is 7.24. The normalized spacial score (nSPS) is 8.29. The van der Waals surface area contributed by atoms with E-state index in [9.17, 15) is 14.4 Å². The van der Waals surface area contributed by atoms with Crippen LogP contribution in [0.4, 0.5) is 0 Å². The van der Waals surface area contributed by atoms with E-state index in [2.05, 4.69) is 15.4 Å². The molecular formula is C6H10N5O3+. The highest BCUT2D eigenvalue weighted by atomic mass is 16.2. The molecule has 5 N–H and O–H groups in total. The fraction of sp³-hybridized carbons (Fsp3) is 0.333. The minimum atomic E-state index is -0.669. The summed E-state index contributed by atoms with van der Waals surface area (Å²) in [6.45, 7) is -0.570. The smallest absolute Gasteiger partial charge is 0.368 e. The molecule has 0 aliphatic carbocycles. The summed E-state index contributed by atoms with van der Waals surface area (Å²) in [5.41, 5.74) is 11.1. The van der Waals surface area contributed by atoms with Crippen molar-refractivity contribution in [2.75, 3.05) is 13.1 Å². The van der Waals surface area contributed by atoms with E-state index < -0.39 is 17.7 Å². The lowest BCUT2D eigenvalue weighted by Gasteiger charge is -2.01. The number of primary amides is 1. The number of carbonyl (C=O) groups excluding carboxylic acids is 3. The SMILES string of the molecule is N=[N+]=CC(=O)NCC(=O)NCC(N)=O. The van der Waals surface area contributed by atoms with Gasteiger partial charge in [-0.1, -0.05) is 0 Å². The van der Waals surface area contributed by atoms with Crippen LogP contribution in [0.2, 0.25) is 0 Å². The molecule has 0 spiro atoms. The molecule has 0 aromatic carbocycles. The van der Waals surface area contributed by atoms with E-state index in [4.69, 9.17) is 11.3 Å². The molecule has 14 heavy (non-hydrogen) atoms. The Bertz CT molecular complexity index is 294. The summed E-state index contributed by atoms with van der Waals surface area (Å²) in [7, 11) is 0. The van der Waals surface area contributed by atoms with E-state index in [-0.39, 0.29) is 13.1 Å². The van der Waals surface area contributed by atoms with Crippen LogP contribution >= 0.6 is 0 Å². The Morgan fingerprint density at radius 2 is 1.93 bits per heavy atom. The van der Waals surface area contributed by atoms with Crippen LogP contribution in [0.5, 0.6) is 0 Å². The zero-order valence-corrected chi connectivity index (χ0v) is 7.24. The molecule has 0 radical (unpaired) electrons. The maximum Gasteiger partial charge on any atom is 0.394 e. The largest absolute Gasteiger partial charge is 0.394 e.